The molecule has 1 unspecified atom stereocenters. The maximum atomic E-state index is 13.1. The minimum atomic E-state index is -0.396. The van der Waals surface area contributed by atoms with Crippen LogP contribution < -0.4 is 5.56 Å². The number of nitrogens with one attached hydrogen (secondary N) is 1. The maximum Gasteiger partial charge on any atom is 0.253 e. The number of benzene rings is 2. The summed E-state index contributed by atoms with van der Waals surface area (Å²) in [6.07, 6.45) is 1.99. The van der Waals surface area contributed by atoms with E-state index in [-0.39, 0.29) is 18.0 Å². The maximum absolute atomic E-state index is 13.1. The lowest BCUT2D eigenvalue weighted by Gasteiger charge is -2.25. The molecule has 0 aliphatic carbocycles. The number of H-pyrrole nitrogens is 1. The van der Waals surface area contributed by atoms with Gasteiger partial charge in [-0.3, -0.25) is 9.59 Å². The normalized spacial score (nSPS) is 16.2. The Kier molecular flexibility index (Phi) is 5.76. The number of fused-ring (bicyclic) bond motifs is 1. The van der Waals surface area contributed by atoms with Crippen molar-refractivity contribution in [2.75, 3.05) is 13.2 Å². The minimum absolute atomic E-state index is 0.0258. The summed E-state index contributed by atoms with van der Waals surface area (Å²) in [6, 6.07) is 17.9. The van der Waals surface area contributed by atoms with E-state index in [4.69, 9.17) is 4.74 Å². The van der Waals surface area contributed by atoms with Crippen molar-refractivity contribution in [3.8, 4) is 0 Å². The average Bonchev–Trinajstić information content (AvgIpc) is 3.27. The smallest absolute Gasteiger partial charge is 0.253 e. The standard InChI is InChI=1S/C24H26N2O3/c1-17-7-5-10-19-15-20(23(27)25-22(17)19)16-26(24(28)21-11-6-14-29-21)13-12-18-8-3-2-4-9-18/h2-5,7-10,15,21H,6,11-14,16H2,1H3,(H,25,27). The van der Waals surface area contributed by atoms with Crippen LogP contribution in [0, 0.1) is 6.92 Å². The van der Waals surface area contributed by atoms with Crippen LogP contribution in [-0.4, -0.2) is 35.0 Å². The molecule has 0 spiro atoms. The highest BCUT2D eigenvalue weighted by Gasteiger charge is 2.28. The van der Waals surface area contributed by atoms with E-state index in [1.54, 1.807) is 4.90 Å². The predicted molar refractivity (Wildman–Crippen MR) is 114 cm³/mol. The Bertz CT molecular complexity index is 1050. The van der Waals surface area contributed by atoms with E-state index in [0.717, 1.165) is 35.7 Å². The number of ether oxygens (including phenoxy) is 1. The van der Waals surface area contributed by atoms with Crippen molar-refractivity contribution in [1.82, 2.24) is 9.88 Å². The van der Waals surface area contributed by atoms with Crippen molar-refractivity contribution in [2.45, 2.75) is 38.8 Å². The average molecular weight is 390 g/mol. The molecule has 5 heteroatoms. The molecular weight excluding hydrogens is 364 g/mol. The fourth-order valence-electron chi connectivity index (χ4n) is 3.90. The van der Waals surface area contributed by atoms with Crippen molar-refractivity contribution < 1.29 is 9.53 Å². The molecule has 1 aromatic heterocycles. The molecule has 5 nitrogen and oxygen atoms in total. The largest absolute Gasteiger partial charge is 0.368 e. The van der Waals surface area contributed by atoms with Crippen LogP contribution in [0.1, 0.15) is 29.5 Å². The third-order valence-electron chi connectivity index (χ3n) is 5.56. The number of nitrogens with zero attached hydrogens (tertiary/aromatic N) is 1. The quantitative estimate of drug-likeness (QED) is 0.700. The zero-order valence-corrected chi connectivity index (χ0v) is 16.7. The van der Waals surface area contributed by atoms with Crippen LogP contribution in [0.25, 0.3) is 10.9 Å². The van der Waals surface area contributed by atoms with Crippen LogP contribution in [0.4, 0.5) is 0 Å². The Morgan fingerprint density at radius 1 is 1.17 bits per heavy atom. The molecule has 150 valence electrons. The molecule has 3 aromatic rings. The Morgan fingerprint density at radius 3 is 2.76 bits per heavy atom. The summed E-state index contributed by atoms with van der Waals surface area (Å²) in [7, 11) is 0. The Morgan fingerprint density at radius 2 is 2.00 bits per heavy atom. The van der Waals surface area contributed by atoms with Crippen molar-refractivity contribution in [1.29, 1.82) is 0 Å². The molecule has 1 aliphatic rings. The molecule has 1 fully saturated rings. The second-order valence-electron chi connectivity index (χ2n) is 7.66. The van der Waals surface area contributed by atoms with Gasteiger partial charge in [0.15, 0.2) is 0 Å². The monoisotopic (exact) mass is 390 g/mol. The van der Waals surface area contributed by atoms with Gasteiger partial charge in [0, 0.05) is 18.7 Å². The number of hydrogen-bond acceptors (Lipinski definition) is 3. The molecule has 1 aliphatic heterocycles. The second kappa shape index (κ2) is 8.62. The van der Waals surface area contributed by atoms with Crippen molar-refractivity contribution in [2.24, 2.45) is 0 Å². The molecule has 1 saturated heterocycles. The number of pyridine rings is 1. The van der Waals surface area contributed by atoms with E-state index in [1.807, 2.05) is 49.4 Å². The summed E-state index contributed by atoms with van der Waals surface area (Å²) in [4.78, 5) is 30.6. The lowest BCUT2D eigenvalue weighted by molar-refractivity contribution is -0.141. The Balaban J connectivity index is 1.60. The SMILES string of the molecule is Cc1cccc2cc(CN(CCc3ccccc3)C(=O)C3CCCO3)c(=O)[nH]c12. The van der Waals surface area contributed by atoms with E-state index in [9.17, 15) is 9.59 Å². The lowest BCUT2D eigenvalue weighted by atomic mass is 10.1. The number of hydrogen-bond donors (Lipinski definition) is 1. The Labute approximate surface area is 170 Å². The van der Waals surface area contributed by atoms with Crippen molar-refractivity contribution >= 4 is 16.8 Å². The first-order chi connectivity index (χ1) is 14.1. The molecule has 4 rings (SSSR count). The first kappa shape index (κ1) is 19.4. The summed E-state index contributed by atoms with van der Waals surface area (Å²) >= 11 is 0. The van der Waals surface area contributed by atoms with Crippen molar-refractivity contribution in [3.05, 3.63) is 81.6 Å². The topological polar surface area (TPSA) is 62.4 Å². The van der Waals surface area contributed by atoms with Crippen LogP contribution in [0.2, 0.25) is 0 Å². The summed E-state index contributed by atoms with van der Waals surface area (Å²) in [6.45, 7) is 3.43. The van der Waals surface area contributed by atoms with Gasteiger partial charge >= 0.3 is 0 Å². The van der Waals surface area contributed by atoms with Gasteiger partial charge in [0.05, 0.1) is 12.1 Å². The molecule has 1 amide bonds. The summed E-state index contributed by atoms with van der Waals surface area (Å²) in [5.74, 6) is -0.0258. The molecule has 0 radical (unpaired) electrons. The lowest BCUT2D eigenvalue weighted by Crippen LogP contribution is -2.40. The third kappa shape index (κ3) is 4.40. The van der Waals surface area contributed by atoms with Crippen LogP contribution in [-0.2, 0) is 22.5 Å². The molecule has 1 N–H and O–H groups in total. The zero-order valence-electron chi connectivity index (χ0n) is 16.7. The molecular formula is C24H26N2O3. The van der Waals surface area contributed by atoms with E-state index >= 15 is 0 Å². The number of aryl methyl sites for hydroxylation is 1. The molecule has 0 bridgehead atoms. The summed E-state index contributed by atoms with van der Waals surface area (Å²) in [5, 5.41) is 0.979. The van der Waals surface area contributed by atoms with Gasteiger partial charge in [-0.15, -0.1) is 0 Å². The number of amides is 1. The van der Waals surface area contributed by atoms with E-state index in [2.05, 4.69) is 17.1 Å². The van der Waals surface area contributed by atoms with Crippen LogP contribution in [0.3, 0.4) is 0 Å². The number of aromatic nitrogens is 1. The number of rotatable bonds is 6. The highest BCUT2D eigenvalue weighted by molar-refractivity contribution is 5.83. The first-order valence-electron chi connectivity index (χ1n) is 10.2. The fraction of sp³-hybridized carbons (Fsp3) is 0.333. The van der Waals surface area contributed by atoms with Gasteiger partial charge in [-0.05, 0) is 48.8 Å². The third-order valence-corrected chi connectivity index (χ3v) is 5.56. The Hall–Kier alpha value is -2.92. The molecule has 29 heavy (non-hydrogen) atoms. The predicted octanol–water partition coefficient (Wildman–Crippen LogP) is 3.59. The van der Waals surface area contributed by atoms with Gasteiger partial charge in [0.1, 0.15) is 6.10 Å². The second-order valence-corrected chi connectivity index (χ2v) is 7.66. The first-order valence-corrected chi connectivity index (χ1v) is 10.2. The van der Waals surface area contributed by atoms with Gasteiger partial charge in [0.2, 0.25) is 0 Å². The van der Waals surface area contributed by atoms with E-state index < -0.39 is 6.10 Å². The van der Waals surface area contributed by atoms with E-state index in [1.165, 1.54) is 5.56 Å². The van der Waals surface area contributed by atoms with Gasteiger partial charge in [-0.1, -0.05) is 48.5 Å². The highest BCUT2D eigenvalue weighted by atomic mass is 16.5. The van der Waals surface area contributed by atoms with E-state index in [0.29, 0.717) is 18.7 Å². The fourth-order valence-corrected chi connectivity index (χ4v) is 3.90. The van der Waals surface area contributed by atoms with Gasteiger partial charge in [-0.2, -0.15) is 0 Å². The van der Waals surface area contributed by atoms with Crippen molar-refractivity contribution in [3.63, 3.8) is 0 Å². The minimum Gasteiger partial charge on any atom is -0.368 e. The zero-order chi connectivity index (χ0) is 20.2. The number of para-hydroxylation sites is 1. The molecule has 2 aromatic carbocycles. The number of aromatic amines is 1. The van der Waals surface area contributed by atoms with Gasteiger partial charge < -0.3 is 14.6 Å². The number of carbonyl (C=O) groups excluding carboxylic acids is 1. The van der Waals surface area contributed by atoms with Crippen LogP contribution in [0.5, 0.6) is 0 Å². The number of carbonyl (C=O) groups is 1. The summed E-state index contributed by atoms with van der Waals surface area (Å²) < 4.78 is 5.62. The molecule has 2 heterocycles. The van der Waals surface area contributed by atoms with Crippen LogP contribution in [0.15, 0.2) is 59.4 Å². The highest BCUT2D eigenvalue weighted by Crippen LogP contribution is 2.19. The van der Waals surface area contributed by atoms with Gasteiger partial charge in [-0.25, -0.2) is 0 Å². The summed E-state index contributed by atoms with van der Waals surface area (Å²) in [5.41, 5.74) is 3.50. The van der Waals surface area contributed by atoms with Gasteiger partial charge in [0.25, 0.3) is 11.5 Å². The molecule has 0 saturated carbocycles. The molecule has 1 atom stereocenters. The van der Waals surface area contributed by atoms with Crippen LogP contribution >= 0.6 is 0 Å².